The highest BCUT2D eigenvalue weighted by atomic mass is 35.5. The minimum atomic E-state index is 0. The molecule has 1 aliphatic heterocycles. The molecule has 4 heteroatoms. The molecule has 1 aromatic heterocycles. The van der Waals surface area contributed by atoms with Crippen molar-refractivity contribution in [3.8, 4) is 0 Å². The Morgan fingerprint density at radius 3 is 2.65 bits per heavy atom. The van der Waals surface area contributed by atoms with E-state index in [-0.39, 0.29) is 12.4 Å². The van der Waals surface area contributed by atoms with Gasteiger partial charge in [-0.3, -0.25) is 9.88 Å². The first kappa shape index (κ1) is 17.9. The predicted octanol–water partition coefficient (Wildman–Crippen LogP) is 3.25. The molecule has 1 fully saturated rings. The average molecular weight is 332 g/mol. The molecule has 124 valence electrons. The maximum absolute atomic E-state index is 4.28. The van der Waals surface area contributed by atoms with Crippen LogP contribution in [0.3, 0.4) is 0 Å². The van der Waals surface area contributed by atoms with Gasteiger partial charge in [0.1, 0.15) is 0 Å². The fourth-order valence-electron chi connectivity index (χ4n) is 3.13. The van der Waals surface area contributed by atoms with Gasteiger partial charge < -0.3 is 5.32 Å². The molecule has 0 bridgehead atoms. The van der Waals surface area contributed by atoms with Gasteiger partial charge in [0.05, 0.1) is 0 Å². The van der Waals surface area contributed by atoms with Crippen LogP contribution in [0.4, 0.5) is 0 Å². The minimum absolute atomic E-state index is 0. The summed E-state index contributed by atoms with van der Waals surface area (Å²) < 4.78 is 0. The van der Waals surface area contributed by atoms with Gasteiger partial charge in [-0.2, -0.15) is 0 Å². The van der Waals surface area contributed by atoms with Gasteiger partial charge in [-0.15, -0.1) is 12.4 Å². The Morgan fingerprint density at radius 1 is 1.17 bits per heavy atom. The zero-order valence-corrected chi connectivity index (χ0v) is 14.6. The van der Waals surface area contributed by atoms with Crippen molar-refractivity contribution in [1.82, 2.24) is 15.2 Å². The van der Waals surface area contributed by atoms with Crippen molar-refractivity contribution in [2.75, 3.05) is 26.2 Å². The number of hydrogen-bond donors (Lipinski definition) is 1. The topological polar surface area (TPSA) is 28.2 Å². The average Bonchev–Trinajstić information content (AvgIpc) is 2.61. The van der Waals surface area contributed by atoms with Crippen molar-refractivity contribution in [3.63, 3.8) is 0 Å². The molecule has 0 aliphatic carbocycles. The third kappa shape index (κ3) is 4.77. The molecule has 0 saturated carbocycles. The van der Waals surface area contributed by atoms with E-state index < -0.39 is 0 Å². The smallest absolute Gasteiger partial charge is 0.0488 e. The van der Waals surface area contributed by atoms with Gasteiger partial charge in [0.15, 0.2) is 0 Å². The van der Waals surface area contributed by atoms with Gasteiger partial charge in [-0.25, -0.2) is 0 Å². The molecule has 3 nitrogen and oxygen atoms in total. The van der Waals surface area contributed by atoms with Crippen molar-refractivity contribution < 1.29 is 0 Å². The van der Waals surface area contributed by atoms with E-state index in [4.69, 9.17) is 0 Å². The van der Waals surface area contributed by atoms with Crippen molar-refractivity contribution >= 4 is 12.4 Å². The number of halogens is 1. The molecule has 2 aromatic rings. The van der Waals surface area contributed by atoms with Crippen LogP contribution in [0.25, 0.3) is 0 Å². The molecular formula is C19H26ClN3. The SMILES string of the molecule is CCc1ccc(CCN2CCNCC2c2cccnc2)cc1.Cl. The second-order valence-electron chi connectivity index (χ2n) is 5.96. The van der Waals surface area contributed by atoms with Gasteiger partial charge >= 0.3 is 0 Å². The predicted molar refractivity (Wildman–Crippen MR) is 98.2 cm³/mol. The molecule has 0 spiro atoms. The first-order valence-electron chi connectivity index (χ1n) is 8.29. The number of piperazine rings is 1. The summed E-state index contributed by atoms with van der Waals surface area (Å²) in [6.07, 6.45) is 6.07. The van der Waals surface area contributed by atoms with Crippen LogP contribution in [0, 0.1) is 0 Å². The maximum atomic E-state index is 4.28. The molecule has 0 amide bonds. The minimum Gasteiger partial charge on any atom is -0.314 e. The second kappa shape index (κ2) is 9.02. The standard InChI is InChI=1S/C19H25N3.ClH/c1-2-16-5-7-17(8-6-16)9-12-22-13-11-21-15-19(22)18-4-3-10-20-14-18;/h3-8,10,14,19,21H,2,9,11-13,15H2,1H3;1H. The monoisotopic (exact) mass is 331 g/mol. The van der Waals surface area contributed by atoms with Gasteiger partial charge in [0, 0.05) is 44.6 Å². The lowest BCUT2D eigenvalue weighted by Crippen LogP contribution is -2.46. The van der Waals surface area contributed by atoms with E-state index >= 15 is 0 Å². The number of aryl methyl sites for hydroxylation is 1. The molecule has 1 N–H and O–H groups in total. The van der Waals surface area contributed by atoms with Gasteiger partial charge in [-0.1, -0.05) is 37.3 Å². The number of aromatic nitrogens is 1. The van der Waals surface area contributed by atoms with E-state index in [1.807, 2.05) is 18.5 Å². The van der Waals surface area contributed by atoms with Gasteiger partial charge in [0.25, 0.3) is 0 Å². The maximum Gasteiger partial charge on any atom is 0.0488 e. The van der Waals surface area contributed by atoms with Crippen LogP contribution >= 0.6 is 12.4 Å². The quantitative estimate of drug-likeness (QED) is 0.911. The summed E-state index contributed by atoms with van der Waals surface area (Å²) >= 11 is 0. The Kier molecular flexibility index (Phi) is 7.03. The molecule has 1 aromatic carbocycles. The summed E-state index contributed by atoms with van der Waals surface area (Å²) in [7, 11) is 0. The number of benzene rings is 1. The Hall–Kier alpha value is -1.42. The molecule has 1 saturated heterocycles. The second-order valence-corrected chi connectivity index (χ2v) is 5.96. The lowest BCUT2D eigenvalue weighted by molar-refractivity contribution is 0.164. The lowest BCUT2D eigenvalue weighted by Gasteiger charge is -2.36. The zero-order chi connectivity index (χ0) is 15.2. The zero-order valence-electron chi connectivity index (χ0n) is 13.7. The summed E-state index contributed by atoms with van der Waals surface area (Å²) in [6, 6.07) is 13.7. The molecule has 1 atom stereocenters. The van der Waals surface area contributed by atoms with Crippen LogP contribution < -0.4 is 5.32 Å². The van der Waals surface area contributed by atoms with Gasteiger partial charge in [-0.05, 0) is 35.6 Å². The molecule has 0 radical (unpaired) electrons. The van der Waals surface area contributed by atoms with Crippen LogP contribution in [-0.4, -0.2) is 36.1 Å². The van der Waals surface area contributed by atoms with E-state index in [1.54, 1.807) is 0 Å². The summed E-state index contributed by atoms with van der Waals surface area (Å²) in [6.45, 7) is 6.50. The van der Waals surface area contributed by atoms with E-state index in [9.17, 15) is 0 Å². The third-order valence-corrected chi connectivity index (χ3v) is 4.54. The molecule has 2 heterocycles. The van der Waals surface area contributed by atoms with Crippen molar-refractivity contribution in [1.29, 1.82) is 0 Å². The number of hydrogen-bond acceptors (Lipinski definition) is 3. The van der Waals surface area contributed by atoms with Gasteiger partial charge in [0.2, 0.25) is 0 Å². The number of rotatable bonds is 5. The van der Waals surface area contributed by atoms with Crippen LogP contribution in [0.1, 0.15) is 29.7 Å². The molecule has 3 rings (SSSR count). The highest BCUT2D eigenvalue weighted by molar-refractivity contribution is 5.85. The lowest BCUT2D eigenvalue weighted by atomic mass is 10.0. The Labute approximate surface area is 145 Å². The number of pyridine rings is 1. The molecule has 1 aliphatic rings. The Balaban J connectivity index is 0.00000192. The van der Waals surface area contributed by atoms with E-state index in [0.717, 1.165) is 39.0 Å². The summed E-state index contributed by atoms with van der Waals surface area (Å²) in [5, 5.41) is 3.51. The van der Waals surface area contributed by atoms with Crippen LogP contribution in [-0.2, 0) is 12.8 Å². The van der Waals surface area contributed by atoms with Crippen molar-refractivity contribution in [2.45, 2.75) is 25.8 Å². The van der Waals surface area contributed by atoms with E-state index in [1.165, 1.54) is 16.7 Å². The van der Waals surface area contributed by atoms with E-state index in [0.29, 0.717) is 6.04 Å². The third-order valence-electron chi connectivity index (χ3n) is 4.54. The summed E-state index contributed by atoms with van der Waals surface area (Å²) in [5.74, 6) is 0. The van der Waals surface area contributed by atoms with Crippen molar-refractivity contribution in [3.05, 3.63) is 65.5 Å². The van der Waals surface area contributed by atoms with Crippen LogP contribution in [0.15, 0.2) is 48.8 Å². The highest BCUT2D eigenvalue weighted by Gasteiger charge is 2.23. The van der Waals surface area contributed by atoms with Crippen molar-refractivity contribution in [2.24, 2.45) is 0 Å². The fraction of sp³-hybridized carbons (Fsp3) is 0.421. The Morgan fingerprint density at radius 2 is 1.96 bits per heavy atom. The summed E-state index contributed by atoms with van der Waals surface area (Å²) in [5.41, 5.74) is 4.16. The highest BCUT2D eigenvalue weighted by Crippen LogP contribution is 2.21. The largest absolute Gasteiger partial charge is 0.314 e. The van der Waals surface area contributed by atoms with Crippen LogP contribution in [0.2, 0.25) is 0 Å². The summed E-state index contributed by atoms with van der Waals surface area (Å²) in [4.78, 5) is 6.86. The number of nitrogens with zero attached hydrogens (tertiary/aromatic N) is 2. The first-order valence-corrected chi connectivity index (χ1v) is 8.29. The Bertz CT molecular complexity index is 571. The molecule has 23 heavy (non-hydrogen) atoms. The van der Waals surface area contributed by atoms with E-state index in [2.05, 4.69) is 52.5 Å². The molecular weight excluding hydrogens is 306 g/mol. The fourth-order valence-corrected chi connectivity index (χ4v) is 3.13. The normalized spacial score (nSPS) is 18.4. The molecule has 1 unspecified atom stereocenters. The number of nitrogens with one attached hydrogen (secondary N) is 1. The first-order chi connectivity index (χ1) is 10.9. The van der Waals surface area contributed by atoms with Crippen LogP contribution in [0.5, 0.6) is 0 Å².